The van der Waals surface area contributed by atoms with Crippen molar-refractivity contribution in [3.05, 3.63) is 29.8 Å². The van der Waals surface area contributed by atoms with E-state index in [0.717, 1.165) is 11.3 Å². The Balaban J connectivity index is 2.83. The van der Waals surface area contributed by atoms with Gasteiger partial charge in [-0.1, -0.05) is 18.2 Å². The van der Waals surface area contributed by atoms with E-state index in [4.69, 9.17) is 10.5 Å². The van der Waals surface area contributed by atoms with Gasteiger partial charge in [-0.05, 0) is 25.5 Å². The van der Waals surface area contributed by atoms with E-state index in [1.807, 2.05) is 43.1 Å². The zero-order valence-corrected chi connectivity index (χ0v) is 10.9. The number of para-hydroxylation sites is 1. The lowest BCUT2D eigenvalue weighted by atomic mass is 10.0. The molecule has 0 aliphatic heterocycles. The van der Waals surface area contributed by atoms with Gasteiger partial charge in [-0.25, -0.2) is 0 Å². The number of nitrogens with zero attached hydrogens (tertiary/aromatic N) is 1. The minimum Gasteiger partial charge on any atom is -0.468 e. The normalized spacial score (nSPS) is 13.9. The number of ether oxygens (including phenoxy) is 1. The number of hydrogen-bond donors (Lipinski definition) is 1. The Hall–Kier alpha value is -1.55. The van der Waals surface area contributed by atoms with Crippen LogP contribution in [0, 0.1) is 6.92 Å². The molecule has 0 aromatic heterocycles. The monoisotopic (exact) mass is 236 g/mol. The molecule has 2 N–H and O–H groups in total. The predicted octanol–water partition coefficient (Wildman–Crippen LogP) is 1.32. The summed E-state index contributed by atoms with van der Waals surface area (Å²) in [5.41, 5.74) is 7.15. The number of hydrogen-bond acceptors (Lipinski definition) is 4. The van der Waals surface area contributed by atoms with E-state index in [-0.39, 0.29) is 0 Å². The Kier molecular flexibility index (Phi) is 4.12. The molecule has 1 unspecified atom stereocenters. The van der Waals surface area contributed by atoms with Gasteiger partial charge in [0.05, 0.1) is 7.11 Å². The second kappa shape index (κ2) is 5.19. The van der Waals surface area contributed by atoms with E-state index in [2.05, 4.69) is 0 Å². The highest BCUT2D eigenvalue weighted by atomic mass is 16.5. The maximum atomic E-state index is 11.5. The largest absolute Gasteiger partial charge is 0.468 e. The molecular weight excluding hydrogens is 216 g/mol. The lowest BCUT2D eigenvalue weighted by Crippen LogP contribution is -2.53. The maximum Gasteiger partial charge on any atom is 0.327 e. The molecule has 1 atom stereocenters. The standard InChI is InChI=1S/C13H20N2O2/c1-10-7-5-6-8-11(10)15(3)9-13(2,14)12(16)17-4/h5-8H,9,14H2,1-4H3. The number of nitrogens with two attached hydrogens (primary N) is 1. The molecule has 1 rings (SSSR count). The summed E-state index contributed by atoms with van der Waals surface area (Å²) >= 11 is 0. The molecule has 0 heterocycles. The van der Waals surface area contributed by atoms with Gasteiger partial charge >= 0.3 is 5.97 Å². The highest BCUT2D eigenvalue weighted by molar-refractivity contribution is 5.81. The molecule has 0 radical (unpaired) electrons. The quantitative estimate of drug-likeness (QED) is 0.801. The number of carbonyl (C=O) groups excluding carboxylic acids is 1. The van der Waals surface area contributed by atoms with E-state index >= 15 is 0 Å². The summed E-state index contributed by atoms with van der Waals surface area (Å²) in [6.45, 7) is 4.11. The molecule has 17 heavy (non-hydrogen) atoms. The minimum atomic E-state index is -1.01. The van der Waals surface area contributed by atoms with Crippen molar-refractivity contribution in [1.82, 2.24) is 0 Å². The third kappa shape index (κ3) is 3.20. The van der Waals surface area contributed by atoms with Crippen molar-refractivity contribution in [2.45, 2.75) is 19.4 Å². The number of anilines is 1. The number of methoxy groups -OCH3 is 1. The van der Waals surface area contributed by atoms with Gasteiger partial charge in [0.2, 0.25) is 0 Å². The van der Waals surface area contributed by atoms with Crippen molar-refractivity contribution < 1.29 is 9.53 Å². The lowest BCUT2D eigenvalue weighted by Gasteiger charge is -2.30. The van der Waals surface area contributed by atoms with Gasteiger partial charge in [-0.15, -0.1) is 0 Å². The summed E-state index contributed by atoms with van der Waals surface area (Å²) in [4.78, 5) is 13.5. The third-order valence-electron chi connectivity index (χ3n) is 2.74. The van der Waals surface area contributed by atoms with Crippen molar-refractivity contribution in [2.75, 3.05) is 25.6 Å². The fraction of sp³-hybridized carbons (Fsp3) is 0.462. The van der Waals surface area contributed by atoms with Gasteiger partial charge in [-0.2, -0.15) is 0 Å². The van der Waals surface area contributed by atoms with Gasteiger partial charge in [0, 0.05) is 19.3 Å². The van der Waals surface area contributed by atoms with Crippen LogP contribution in [0.25, 0.3) is 0 Å². The first-order chi connectivity index (χ1) is 7.88. The Morgan fingerprint density at radius 1 is 1.47 bits per heavy atom. The van der Waals surface area contributed by atoms with E-state index in [9.17, 15) is 4.79 Å². The molecule has 0 saturated carbocycles. The summed E-state index contributed by atoms with van der Waals surface area (Å²) < 4.78 is 4.69. The van der Waals surface area contributed by atoms with Crippen LogP contribution in [0.1, 0.15) is 12.5 Å². The van der Waals surface area contributed by atoms with Crippen molar-refractivity contribution in [2.24, 2.45) is 5.73 Å². The van der Waals surface area contributed by atoms with E-state index in [1.54, 1.807) is 6.92 Å². The molecular formula is C13H20N2O2. The van der Waals surface area contributed by atoms with Crippen molar-refractivity contribution in [3.63, 3.8) is 0 Å². The summed E-state index contributed by atoms with van der Waals surface area (Å²) in [5, 5.41) is 0. The molecule has 0 saturated heterocycles. The van der Waals surface area contributed by atoms with Crippen LogP contribution in [0.2, 0.25) is 0 Å². The molecule has 0 aliphatic carbocycles. The van der Waals surface area contributed by atoms with Crippen LogP contribution in [-0.2, 0) is 9.53 Å². The Bertz CT molecular complexity index is 402. The molecule has 0 spiro atoms. The Morgan fingerprint density at radius 3 is 2.59 bits per heavy atom. The average molecular weight is 236 g/mol. The SMILES string of the molecule is COC(=O)C(C)(N)CN(C)c1ccccc1C. The van der Waals surface area contributed by atoms with Gasteiger partial charge in [0.25, 0.3) is 0 Å². The Morgan fingerprint density at radius 2 is 2.06 bits per heavy atom. The molecule has 1 aromatic rings. The fourth-order valence-corrected chi connectivity index (χ4v) is 1.87. The van der Waals surface area contributed by atoms with Gasteiger partial charge in [-0.3, -0.25) is 4.79 Å². The summed E-state index contributed by atoms with van der Waals surface area (Å²) in [6, 6.07) is 7.97. The summed E-state index contributed by atoms with van der Waals surface area (Å²) in [7, 11) is 3.26. The molecule has 0 amide bonds. The smallest absolute Gasteiger partial charge is 0.327 e. The number of aryl methyl sites for hydroxylation is 1. The maximum absolute atomic E-state index is 11.5. The molecule has 0 aliphatic rings. The zero-order valence-electron chi connectivity index (χ0n) is 10.9. The molecule has 4 nitrogen and oxygen atoms in total. The van der Waals surface area contributed by atoms with Gasteiger partial charge < -0.3 is 15.4 Å². The molecule has 1 aromatic carbocycles. The van der Waals surface area contributed by atoms with Crippen LogP contribution < -0.4 is 10.6 Å². The van der Waals surface area contributed by atoms with Crippen LogP contribution >= 0.6 is 0 Å². The van der Waals surface area contributed by atoms with Crippen LogP contribution in [-0.4, -0.2) is 32.2 Å². The first kappa shape index (κ1) is 13.5. The van der Waals surface area contributed by atoms with E-state index in [1.165, 1.54) is 7.11 Å². The van der Waals surface area contributed by atoms with E-state index in [0.29, 0.717) is 6.54 Å². The summed E-state index contributed by atoms with van der Waals surface area (Å²) in [5.74, 6) is -0.405. The van der Waals surface area contributed by atoms with Gasteiger partial charge in [0.15, 0.2) is 0 Å². The molecule has 4 heteroatoms. The molecule has 0 bridgehead atoms. The van der Waals surface area contributed by atoms with Crippen LogP contribution in [0.15, 0.2) is 24.3 Å². The third-order valence-corrected chi connectivity index (χ3v) is 2.74. The van der Waals surface area contributed by atoms with E-state index < -0.39 is 11.5 Å². The van der Waals surface area contributed by atoms with Crippen LogP contribution in [0.5, 0.6) is 0 Å². The number of esters is 1. The van der Waals surface area contributed by atoms with Crippen LogP contribution in [0.3, 0.4) is 0 Å². The van der Waals surface area contributed by atoms with Crippen molar-refractivity contribution in [3.8, 4) is 0 Å². The molecule has 0 fully saturated rings. The number of benzene rings is 1. The number of rotatable bonds is 4. The predicted molar refractivity (Wildman–Crippen MR) is 69.1 cm³/mol. The summed E-state index contributed by atoms with van der Waals surface area (Å²) in [6.07, 6.45) is 0. The van der Waals surface area contributed by atoms with Crippen LogP contribution in [0.4, 0.5) is 5.69 Å². The number of likely N-dealkylation sites (N-methyl/N-ethyl adjacent to an activating group) is 1. The Labute approximate surface area is 102 Å². The topological polar surface area (TPSA) is 55.6 Å². The highest BCUT2D eigenvalue weighted by Crippen LogP contribution is 2.19. The number of carbonyl (C=O) groups is 1. The van der Waals surface area contributed by atoms with Crippen molar-refractivity contribution >= 4 is 11.7 Å². The first-order valence-corrected chi connectivity index (χ1v) is 5.52. The van der Waals surface area contributed by atoms with Crippen molar-refractivity contribution in [1.29, 1.82) is 0 Å². The lowest BCUT2D eigenvalue weighted by molar-refractivity contribution is -0.145. The minimum absolute atomic E-state index is 0.405. The highest BCUT2D eigenvalue weighted by Gasteiger charge is 2.31. The second-order valence-corrected chi connectivity index (χ2v) is 4.55. The second-order valence-electron chi connectivity index (χ2n) is 4.55. The average Bonchev–Trinajstić information content (AvgIpc) is 2.27. The molecule has 94 valence electrons. The van der Waals surface area contributed by atoms with Gasteiger partial charge in [0.1, 0.15) is 5.54 Å². The fourth-order valence-electron chi connectivity index (χ4n) is 1.87. The zero-order chi connectivity index (χ0) is 13.1. The first-order valence-electron chi connectivity index (χ1n) is 5.52.